The van der Waals surface area contributed by atoms with Gasteiger partial charge in [0.05, 0.1) is 22.3 Å². The number of aryl methyl sites for hydroxylation is 1. The second kappa shape index (κ2) is 10.0. The minimum absolute atomic E-state index is 0.0312. The number of fused-ring (bicyclic) bond motifs is 2. The van der Waals surface area contributed by atoms with Crippen molar-refractivity contribution in [1.82, 2.24) is 18.9 Å². The van der Waals surface area contributed by atoms with Gasteiger partial charge in [-0.2, -0.15) is 0 Å². The zero-order valence-electron chi connectivity index (χ0n) is 21.7. The number of benzene rings is 2. The molecule has 4 heterocycles. The van der Waals surface area contributed by atoms with Crippen LogP contribution in [-0.2, 0) is 21.7 Å². The SMILES string of the molecule is C[C@@]1(c2cn3ccccc3n2)CC(c2ccc3c(=O)n(-c4ccc(F)cc4)c(CCCCC(=O)O)nc3c2)=NO1. The fourth-order valence-electron chi connectivity index (χ4n) is 5.02. The maximum atomic E-state index is 13.7. The molecule has 3 aromatic heterocycles. The van der Waals surface area contributed by atoms with Crippen LogP contribution >= 0.6 is 0 Å². The number of carbonyl (C=O) groups is 1. The lowest BCUT2D eigenvalue weighted by molar-refractivity contribution is -0.137. The van der Waals surface area contributed by atoms with Crippen molar-refractivity contribution in [3.05, 3.63) is 106 Å². The van der Waals surface area contributed by atoms with Crippen LogP contribution < -0.4 is 5.56 Å². The third kappa shape index (κ3) is 4.72. The quantitative estimate of drug-likeness (QED) is 0.278. The molecule has 0 fully saturated rings. The predicted octanol–water partition coefficient (Wildman–Crippen LogP) is 5.01. The first-order chi connectivity index (χ1) is 19.3. The maximum Gasteiger partial charge on any atom is 0.303 e. The van der Waals surface area contributed by atoms with Gasteiger partial charge in [0.25, 0.3) is 5.56 Å². The van der Waals surface area contributed by atoms with Crippen molar-refractivity contribution in [3.8, 4) is 5.69 Å². The Morgan fingerprint density at radius 2 is 1.93 bits per heavy atom. The first kappa shape index (κ1) is 25.4. The Morgan fingerprint density at radius 3 is 2.70 bits per heavy atom. The zero-order chi connectivity index (χ0) is 27.9. The summed E-state index contributed by atoms with van der Waals surface area (Å²) in [6, 6.07) is 16.8. The number of unbranched alkanes of at least 4 members (excludes halogenated alkanes) is 1. The average molecular weight is 540 g/mol. The highest BCUT2D eigenvalue weighted by atomic mass is 19.1. The van der Waals surface area contributed by atoms with E-state index in [1.165, 1.54) is 28.8 Å². The summed E-state index contributed by atoms with van der Waals surface area (Å²) in [4.78, 5) is 40.0. The Kier molecular flexibility index (Phi) is 6.37. The van der Waals surface area contributed by atoms with Gasteiger partial charge < -0.3 is 14.3 Å². The molecular formula is C30H26FN5O4. The van der Waals surface area contributed by atoms with Crippen LogP contribution in [0.4, 0.5) is 4.39 Å². The molecule has 1 aliphatic rings. The van der Waals surface area contributed by atoms with Crippen LogP contribution in [-0.4, -0.2) is 35.7 Å². The van der Waals surface area contributed by atoms with E-state index in [-0.39, 0.29) is 12.0 Å². The normalized spacial score (nSPS) is 16.8. The first-order valence-electron chi connectivity index (χ1n) is 13.0. The highest BCUT2D eigenvalue weighted by Gasteiger charge is 2.39. The van der Waals surface area contributed by atoms with E-state index in [9.17, 15) is 14.0 Å². The molecule has 0 aliphatic carbocycles. The van der Waals surface area contributed by atoms with Gasteiger partial charge in [-0.15, -0.1) is 0 Å². The van der Waals surface area contributed by atoms with Crippen molar-refractivity contribution in [3.63, 3.8) is 0 Å². The standard InChI is InChI=1S/C30H26FN5O4/c1-30(25-18-35-15-5-4-6-26(35)33-25)17-24(34-40-30)19-9-14-22-23(16-19)32-27(7-2-3-8-28(37)38)36(29(22)39)21-12-10-20(31)11-13-21/h4-6,9-16,18H,2-3,7-8,17H2,1H3,(H,37,38)/t30-/m0/s1. The van der Waals surface area contributed by atoms with Gasteiger partial charge in [-0.25, -0.2) is 14.4 Å². The van der Waals surface area contributed by atoms with Crippen LogP contribution in [0.1, 0.15) is 49.7 Å². The molecular weight excluding hydrogens is 513 g/mol. The van der Waals surface area contributed by atoms with E-state index in [0.717, 1.165) is 16.9 Å². The van der Waals surface area contributed by atoms with Crippen LogP contribution in [0.5, 0.6) is 0 Å². The third-order valence-corrected chi connectivity index (χ3v) is 7.17. The lowest BCUT2D eigenvalue weighted by Gasteiger charge is -2.18. The van der Waals surface area contributed by atoms with E-state index in [1.54, 1.807) is 6.07 Å². The summed E-state index contributed by atoms with van der Waals surface area (Å²) >= 11 is 0. The molecule has 1 aliphatic heterocycles. The second-order valence-corrected chi connectivity index (χ2v) is 10.1. The molecule has 9 nitrogen and oxygen atoms in total. The average Bonchev–Trinajstić information content (AvgIpc) is 3.57. The number of pyridine rings is 1. The van der Waals surface area contributed by atoms with Gasteiger partial charge in [-0.3, -0.25) is 14.2 Å². The number of carboxylic acid groups (broad SMARTS) is 1. The Balaban J connectivity index is 1.34. The fraction of sp³-hybridized carbons (Fsp3) is 0.233. The van der Waals surface area contributed by atoms with Crippen LogP contribution in [0, 0.1) is 5.82 Å². The van der Waals surface area contributed by atoms with Gasteiger partial charge in [0.1, 0.15) is 23.0 Å². The Hall–Kier alpha value is -4.86. The molecule has 0 saturated heterocycles. The largest absolute Gasteiger partial charge is 0.481 e. The highest BCUT2D eigenvalue weighted by molar-refractivity contribution is 6.03. The molecule has 5 aromatic rings. The number of aliphatic carboxylic acids is 1. The monoisotopic (exact) mass is 539 g/mol. The minimum Gasteiger partial charge on any atom is -0.481 e. The number of carboxylic acids is 1. The molecule has 10 heteroatoms. The van der Waals surface area contributed by atoms with Gasteiger partial charge in [-0.05, 0) is 68.3 Å². The van der Waals surface area contributed by atoms with E-state index in [1.807, 2.05) is 54.0 Å². The van der Waals surface area contributed by atoms with Gasteiger partial charge in [0.2, 0.25) is 0 Å². The maximum absolute atomic E-state index is 13.7. The lowest BCUT2D eigenvalue weighted by atomic mass is 9.93. The molecule has 0 amide bonds. The number of oxime groups is 1. The second-order valence-electron chi connectivity index (χ2n) is 10.1. The molecule has 1 atom stereocenters. The lowest BCUT2D eigenvalue weighted by Crippen LogP contribution is -2.24. The van der Waals surface area contributed by atoms with Crippen molar-refractivity contribution in [2.24, 2.45) is 5.16 Å². The predicted molar refractivity (Wildman–Crippen MR) is 147 cm³/mol. The molecule has 202 valence electrons. The summed E-state index contributed by atoms with van der Waals surface area (Å²) in [6.45, 7) is 1.95. The summed E-state index contributed by atoms with van der Waals surface area (Å²) in [7, 11) is 0. The first-order valence-corrected chi connectivity index (χ1v) is 13.0. The summed E-state index contributed by atoms with van der Waals surface area (Å²) < 4.78 is 17.0. The van der Waals surface area contributed by atoms with Crippen LogP contribution in [0.3, 0.4) is 0 Å². The summed E-state index contributed by atoms with van der Waals surface area (Å²) in [5, 5.41) is 13.8. The van der Waals surface area contributed by atoms with Crippen LogP contribution in [0.15, 0.2) is 83.0 Å². The molecule has 0 bridgehead atoms. The molecule has 1 N–H and O–H groups in total. The van der Waals surface area contributed by atoms with E-state index in [0.29, 0.717) is 53.8 Å². The van der Waals surface area contributed by atoms with Crippen molar-refractivity contribution < 1.29 is 19.1 Å². The van der Waals surface area contributed by atoms with Crippen molar-refractivity contribution in [1.29, 1.82) is 0 Å². The third-order valence-electron chi connectivity index (χ3n) is 7.17. The number of imidazole rings is 1. The number of nitrogens with zero attached hydrogens (tertiary/aromatic N) is 5. The zero-order valence-corrected chi connectivity index (χ0v) is 21.7. The molecule has 40 heavy (non-hydrogen) atoms. The molecule has 0 saturated carbocycles. The van der Waals surface area contributed by atoms with E-state index in [4.69, 9.17) is 19.9 Å². The number of aromatic nitrogens is 4. The number of rotatable bonds is 8. The fourth-order valence-corrected chi connectivity index (χ4v) is 5.02. The van der Waals surface area contributed by atoms with Gasteiger partial charge in [-0.1, -0.05) is 17.3 Å². The van der Waals surface area contributed by atoms with E-state index < -0.39 is 17.4 Å². The van der Waals surface area contributed by atoms with E-state index in [2.05, 4.69) is 5.16 Å². The molecule has 6 rings (SSSR count). The Morgan fingerprint density at radius 1 is 1.10 bits per heavy atom. The van der Waals surface area contributed by atoms with Crippen molar-refractivity contribution in [2.45, 2.75) is 44.6 Å². The summed E-state index contributed by atoms with van der Waals surface area (Å²) in [5.41, 5.74) is 3.05. The van der Waals surface area contributed by atoms with Gasteiger partial charge in [0.15, 0.2) is 5.60 Å². The van der Waals surface area contributed by atoms with Crippen molar-refractivity contribution >= 4 is 28.2 Å². The van der Waals surface area contributed by atoms with Gasteiger partial charge >= 0.3 is 5.97 Å². The molecule has 0 radical (unpaired) electrons. The summed E-state index contributed by atoms with van der Waals surface area (Å²) in [6.07, 6.45) is 5.74. The number of halogens is 1. The van der Waals surface area contributed by atoms with Gasteiger partial charge in [0, 0.05) is 37.2 Å². The highest BCUT2D eigenvalue weighted by Crippen LogP contribution is 2.36. The molecule has 0 spiro atoms. The van der Waals surface area contributed by atoms with Crippen molar-refractivity contribution in [2.75, 3.05) is 0 Å². The van der Waals surface area contributed by atoms with Crippen LogP contribution in [0.2, 0.25) is 0 Å². The van der Waals surface area contributed by atoms with E-state index >= 15 is 0 Å². The van der Waals surface area contributed by atoms with Crippen LogP contribution in [0.25, 0.3) is 22.2 Å². The number of hydrogen-bond acceptors (Lipinski definition) is 6. The summed E-state index contributed by atoms with van der Waals surface area (Å²) in [5.74, 6) is -0.804. The Labute approximate surface area is 228 Å². The Bertz CT molecular complexity index is 1810. The topological polar surface area (TPSA) is 111 Å². The number of hydrogen-bond donors (Lipinski definition) is 1. The molecule has 2 aromatic carbocycles. The smallest absolute Gasteiger partial charge is 0.303 e. The minimum atomic E-state index is -0.873. The molecule has 0 unspecified atom stereocenters.